The van der Waals surface area contributed by atoms with Gasteiger partial charge in [-0.25, -0.2) is 0 Å². The van der Waals surface area contributed by atoms with Crippen molar-refractivity contribution in [2.24, 2.45) is 0 Å². The number of hydrogen-bond acceptors (Lipinski definition) is 4. The molecule has 0 aliphatic carbocycles. The van der Waals surface area contributed by atoms with Crippen molar-refractivity contribution in [3.8, 4) is 0 Å². The predicted molar refractivity (Wildman–Crippen MR) is 107 cm³/mol. The number of aryl methyl sites for hydroxylation is 1. The van der Waals surface area contributed by atoms with Crippen molar-refractivity contribution >= 4 is 40.2 Å². The van der Waals surface area contributed by atoms with Gasteiger partial charge in [-0.3, -0.25) is 14.5 Å². The lowest BCUT2D eigenvalue weighted by Gasteiger charge is -2.19. The number of pyridine rings is 1. The molecule has 3 aromatic rings. The molecule has 5 nitrogen and oxygen atoms in total. The zero-order valence-corrected chi connectivity index (χ0v) is 17.2. The summed E-state index contributed by atoms with van der Waals surface area (Å²) in [5, 5.41) is 5.74. The molecule has 142 valence electrons. The fraction of sp³-hybridized carbons (Fsp3) is 0.350. The van der Waals surface area contributed by atoms with Crippen molar-refractivity contribution in [2.45, 2.75) is 46.3 Å². The van der Waals surface area contributed by atoms with E-state index >= 15 is 0 Å². The SMILES string of the molecule is Cc1nn(Cc2c(Cl)cccc2Cl)c2cc(CC(=O)OC(C)(C)C)cnc12. The largest absolute Gasteiger partial charge is 0.460 e. The third kappa shape index (κ3) is 4.60. The van der Waals surface area contributed by atoms with Gasteiger partial charge < -0.3 is 4.74 Å². The zero-order valence-electron chi connectivity index (χ0n) is 15.7. The van der Waals surface area contributed by atoms with Crippen LogP contribution in [0, 0.1) is 6.92 Å². The van der Waals surface area contributed by atoms with Gasteiger partial charge in [0, 0.05) is 21.8 Å². The predicted octanol–water partition coefficient (Wildman–Crippen LogP) is 4.98. The molecule has 0 aliphatic heterocycles. The molecule has 0 atom stereocenters. The molecule has 0 amide bonds. The lowest BCUT2D eigenvalue weighted by atomic mass is 10.1. The van der Waals surface area contributed by atoms with Gasteiger partial charge in [0.25, 0.3) is 0 Å². The van der Waals surface area contributed by atoms with Gasteiger partial charge in [-0.2, -0.15) is 5.10 Å². The molecule has 27 heavy (non-hydrogen) atoms. The lowest BCUT2D eigenvalue weighted by Crippen LogP contribution is -2.24. The number of hydrogen-bond donors (Lipinski definition) is 0. The van der Waals surface area contributed by atoms with Gasteiger partial charge in [0.2, 0.25) is 0 Å². The highest BCUT2D eigenvalue weighted by atomic mass is 35.5. The van der Waals surface area contributed by atoms with Gasteiger partial charge >= 0.3 is 5.97 Å². The Balaban J connectivity index is 1.94. The first-order valence-electron chi connectivity index (χ1n) is 8.61. The van der Waals surface area contributed by atoms with E-state index in [1.54, 1.807) is 24.4 Å². The number of halogens is 2. The van der Waals surface area contributed by atoms with Crippen LogP contribution in [0.1, 0.15) is 37.6 Å². The van der Waals surface area contributed by atoms with Gasteiger partial charge in [0.05, 0.1) is 24.2 Å². The molecule has 3 rings (SSSR count). The summed E-state index contributed by atoms with van der Waals surface area (Å²) in [7, 11) is 0. The van der Waals surface area contributed by atoms with Crippen LogP contribution in [-0.4, -0.2) is 26.3 Å². The molecule has 0 saturated heterocycles. The van der Waals surface area contributed by atoms with E-state index in [1.165, 1.54) is 0 Å². The van der Waals surface area contributed by atoms with E-state index in [-0.39, 0.29) is 12.4 Å². The summed E-state index contributed by atoms with van der Waals surface area (Å²) in [4.78, 5) is 16.6. The van der Waals surface area contributed by atoms with Crippen LogP contribution >= 0.6 is 23.2 Å². The first-order chi connectivity index (χ1) is 12.6. The van der Waals surface area contributed by atoms with Crippen molar-refractivity contribution in [1.29, 1.82) is 0 Å². The summed E-state index contributed by atoms with van der Waals surface area (Å²) in [6.07, 6.45) is 1.84. The van der Waals surface area contributed by atoms with Crippen LogP contribution in [0.4, 0.5) is 0 Å². The molecule has 0 saturated carbocycles. The molecule has 0 radical (unpaired) electrons. The average molecular weight is 406 g/mol. The lowest BCUT2D eigenvalue weighted by molar-refractivity contribution is -0.153. The van der Waals surface area contributed by atoms with Crippen molar-refractivity contribution in [3.63, 3.8) is 0 Å². The van der Waals surface area contributed by atoms with E-state index in [9.17, 15) is 4.79 Å². The number of fused-ring (bicyclic) bond motifs is 1. The maximum Gasteiger partial charge on any atom is 0.310 e. The van der Waals surface area contributed by atoms with E-state index in [0.717, 1.165) is 27.9 Å². The first kappa shape index (κ1) is 19.6. The highest BCUT2D eigenvalue weighted by Crippen LogP contribution is 2.27. The van der Waals surface area contributed by atoms with Gasteiger partial charge in [-0.15, -0.1) is 0 Å². The summed E-state index contributed by atoms with van der Waals surface area (Å²) in [5.74, 6) is -0.291. The number of esters is 1. The first-order valence-corrected chi connectivity index (χ1v) is 9.36. The molecular formula is C20H21Cl2N3O2. The highest BCUT2D eigenvalue weighted by molar-refractivity contribution is 6.36. The van der Waals surface area contributed by atoms with E-state index in [0.29, 0.717) is 16.6 Å². The zero-order chi connectivity index (χ0) is 19.8. The van der Waals surface area contributed by atoms with Crippen LogP contribution in [0.15, 0.2) is 30.5 Å². The van der Waals surface area contributed by atoms with E-state index in [2.05, 4.69) is 10.1 Å². The number of rotatable bonds is 4. The Labute approximate surface area is 168 Å². The van der Waals surface area contributed by atoms with Crippen LogP contribution < -0.4 is 0 Å². The van der Waals surface area contributed by atoms with Crippen LogP contribution in [0.2, 0.25) is 10.0 Å². The minimum absolute atomic E-state index is 0.150. The maximum atomic E-state index is 12.1. The molecule has 2 heterocycles. The third-order valence-corrected chi connectivity index (χ3v) is 4.66. The van der Waals surface area contributed by atoms with E-state index in [4.69, 9.17) is 27.9 Å². The van der Waals surface area contributed by atoms with Crippen LogP contribution in [0.5, 0.6) is 0 Å². The second kappa shape index (κ2) is 7.49. The van der Waals surface area contributed by atoms with Crippen molar-refractivity contribution in [2.75, 3.05) is 0 Å². The fourth-order valence-corrected chi connectivity index (χ4v) is 3.36. The van der Waals surface area contributed by atoms with Gasteiger partial charge in [0.1, 0.15) is 11.1 Å². The molecule has 0 bridgehead atoms. The monoisotopic (exact) mass is 405 g/mol. The van der Waals surface area contributed by atoms with Crippen LogP contribution in [-0.2, 0) is 22.5 Å². The molecule has 0 fully saturated rings. The molecule has 0 unspecified atom stereocenters. The molecular weight excluding hydrogens is 385 g/mol. The standard InChI is InChI=1S/C20H21Cl2N3O2/c1-12-19-17(8-13(10-23-19)9-18(26)27-20(2,3)4)25(24-12)11-14-15(21)6-5-7-16(14)22/h5-8,10H,9,11H2,1-4H3. The topological polar surface area (TPSA) is 57.0 Å². The van der Waals surface area contributed by atoms with Crippen molar-refractivity contribution in [1.82, 2.24) is 14.8 Å². The number of carbonyl (C=O) groups excluding carboxylic acids is 1. The molecule has 2 aromatic heterocycles. The summed E-state index contributed by atoms with van der Waals surface area (Å²) >= 11 is 12.6. The highest BCUT2D eigenvalue weighted by Gasteiger charge is 2.18. The Morgan fingerprint density at radius 2 is 1.89 bits per heavy atom. The Morgan fingerprint density at radius 1 is 1.22 bits per heavy atom. The van der Waals surface area contributed by atoms with Gasteiger partial charge in [0.15, 0.2) is 0 Å². The normalized spacial score (nSPS) is 11.8. The van der Waals surface area contributed by atoms with Crippen LogP contribution in [0.3, 0.4) is 0 Å². The quantitative estimate of drug-likeness (QED) is 0.574. The third-order valence-electron chi connectivity index (χ3n) is 3.95. The number of carbonyl (C=O) groups is 1. The van der Waals surface area contributed by atoms with Crippen molar-refractivity contribution in [3.05, 3.63) is 57.3 Å². The molecule has 7 heteroatoms. The Morgan fingerprint density at radius 3 is 2.52 bits per heavy atom. The summed E-state index contributed by atoms with van der Waals surface area (Å²) in [5.41, 5.74) is 3.45. The summed E-state index contributed by atoms with van der Waals surface area (Å²) in [6, 6.07) is 7.32. The number of ether oxygens (including phenoxy) is 1. The second-order valence-corrected chi connectivity index (χ2v) is 8.23. The Kier molecular flexibility index (Phi) is 5.45. The molecule has 0 N–H and O–H groups in total. The smallest absolute Gasteiger partial charge is 0.310 e. The van der Waals surface area contributed by atoms with Crippen molar-refractivity contribution < 1.29 is 9.53 Å². The summed E-state index contributed by atoms with van der Waals surface area (Å²) in [6.45, 7) is 7.85. The Bertz CT molecular complexity index is 986. The van der Waals surface area contributed by atoms with E-state index < -0.39 is 5.60 Å². The van der Waals surface area contributed by atoms with E-state index in [1.807, 2.05) is 38.4 Å². The minimum atomic E-state index is -0.520. The molecule has 0 aliphatic rings. The second-order valence-electron chi connectivity index (χ2n) is 7.42. The van der Waals surface area contributed by atoms with Crippen LogP contribution in [0.25, 0.3) is 11.0 Å². The molecule has 0 spiro atoms. The maximum absolute atomic E-state index is 12.1. The minimum Gasteiger partial charge on any atom is -0.460 e. The number of nitrogens with zero attached hydrogens (tertiary/aromatic N) is 3. The Hall–Kier alpha value is -2.11. The average Bonchev–Trinajstić information content (AvgIpc) is 2.85. The fourth-order valence-electron chi connectivity index (χ4n) is 2.85. The number of benzene rings is 1. The van der Waals surface area contributed by atoms with Gasteiger partial charge in [-0.05, 0) is 51.5 Å². The molecule has 1 aromatic carbocycles. The summed E-state index contributed by atoms with van der Waals surface area (Å²) < 4.78 is 7.20. The number of aromatic nitrogens is 3. The van der Waals surface area contributed by atoms with Gasteiger partial charge in [-0.1, -0.05) is 29.3 Å².